The molecule has 0 spiro atoms. The van der Waals surface area contributed by atoms with Crippen LogP contribution in [0.15, 0.2) is 0 Å². The van der Waals surface area contributed by atoms with Gasteiger partial charge in [-0.2, -0.15) is 0 Å². The summed E-state index contributed by atoms with van der Waals surface area (Å²) in [6, 6.07) is 0. The van der Waals surface area contributed by atoms with Crippen LogP contribution >= 0.6 is 0 Å². The SMILES string of the molecule is C#CCCC1(C2CCCC2)CC(=O)CC(=O)O1. The Morgan fingerprint density at radius 2 is 2.06 bits per heavy atom. The topological polar surface area (TPSA) is 43.4 Å². The van der Waals surface area contributed by atoms with Crippen LogP contribution in [0.1, 0.15) is 51.4 Å². The van der Waals surface area contributed by atoms with Crippen LogP contribution in [-0.2, 0) is 14.3 Å². The normalized spacial score (nSPS) is 30.1. The summed E-state index contributed by atoms with van der Waals surface area (Å²) in [5.74, 6) is 2.55. The fraction of sp³-hybridized carbons (Fsp3) is 0.714. The zero-order valence-electron chi connectivity index (χ0n) is 10.0. The summed E-state index contributed by atoms with van der Waals surface area (Å²) >= 11 is 0. The Kier molecular flexibility index (Phi) is 3.51. The molecule has 0 bridgehead atoms. The van der Waals surface area contributed by atoms with E-state index in [1.807, 2.05) is 0 Å². The smallest absolute Gasteiger partial charge is 0.313 e. The quantitative estimate of drug-likeness (QED) is 0.427. The van der Waals surface area contributed by atoms with Gasteiger partial charge in [0.1, 0.15) is 17.8 Å². The van der Waals surface area contributed by atoms with Crippen molar-refractivity contribution in [2.75, 3.05) is 0 Å². The lowest BCUT2D eigenvalue weighted by Gasteiger charge is -2.40. The van der Waals surface area contributed by atoms with Crippen LogP contribution in [-0.4, -0.2) is 17.4 Å². The molecule has 3 heteroatoms. The van der Waals surface area contributed by atoms with Gasteiger partial charge in [-0.25, -0.2) is 0 Å². The highest BCUT2D eigenvalue weighted by Crippen LogP contribution is 2.43. The van der Waals surface area contributed by atoms with Crippen molar-refractivity contribution in [1.82, 2.24) is 0 Å². The van der Waals surface area contributed by atoms with Crippen LogP contribution in [0.2, 0.25) is 0 Å². The summed E-state index contributed by atoms with van der Waals surface area (Å²) in [5, 5.41) is 0. The van der Waals surface area contributed by atoms with Crippen molar-refractivity contribution in [2.45, 2.75) is 57.0 Å². The van der Waals surface area contributed by atoms with Gasteiger partial charge in [-0.1, -0.05) is 12.8 Å². The lowest BCUT2D eigenvalue weighted by Crippen LogP contribution is -2.47. The number of terminal acetylenes is 1. The van der Waals surface area contributed by atoms with Gasteiger partial charge in [0.15, 0.2) is 0 Å². The number of ether oxygens (including phenoxy) is 1. The van der Waals surface area contributed by atoms with Gasteiger partial charge >= 0.3 is 5.97 Å². The average Bonchev–Trinajstić information content (AvgIpc) is 2.79. The Labute approximate surface area is 102 Å². The maximum absolute atomic E-state index is 11.7. The van der Waals surface area contributed by atoms with E-state index >= 15 is 0 Å². The van der Waals surface area contributed by atoms with Gasteiger partial charge < -0.3 is 4.74 Å². The van der Waals surface area contributed by atoms with E-state index in [1.165, 1.54) is 0 Å². The third-order valence-electron chi connectivity index (χ3n) is 3.95. The number of hydrogen-bond donors (Lipinski definition) is 0. The molecule has 0 aromatic carbocycles. The lowest BCUT2D eigenvalue weighted by molar-refractivity contribution is -0.178. The largest absolute Gasteiger partial charge is 0.458 e. The van der Waals surface area contributed by atoms with E-state index in [9.17, 15) is 9.59 Å². The highest BCUT2D eigenvalue weighted by molar-refractivity contribution is 5.98. The molecule has 2 aliphatic rings. The fourth-order valence-corrected chi connectivity index (χ4v) is 3.16. The summed E-state index contributed by atoms with van der Waals surface area (Å²) in [5.41, 5.74) is -0.588. The first kappa shape index (κ1) is 12.2. The fourth-order valence-electron chi connectivity index (χ4n) is 3.16. The van der Waals surface area contributed by atoms with E-state index in [2.05, 4.69) is 5.92 Å². The Morgan fingerprint density at radius 1 is 1.35 bits per heavy atom. The maximum atomic E-state index is 11.7. The molecule has 3 nitrogen and oxygen atoms in total. The second-order valence-electron chi connectivity index (χ2n) is 5.12. The third-order valence-corrected chi connectivity index (χ3v) is 3.95. The molecule has 2 rings (SSSR count). The van der Waals surface area contributed by atoms with Crippen molar-refractivity contribution in [3.8, 4) is 12.3 Å². The number of carbonyl (C=O) groups is 2. The van der Waals surface area contributed by atoms with Crippen LogP contribution in [0, 0.1) is 18.3 Å². The maximum Gasteiger partial charge on any atom is 0.313 e. The van der Waals surface area contributed by atoms with Crippen molar-refractivity contribution in [1.29, 1.82) is 0 Å². The number of cyclic esters (lactones) is 1. The molecule has 17 heavy (non-hydrogen) atoms. The van der Waals surface area contributed by atoms with Gasteiger partial charge in [0.25, 0.3) is 0 Å². The standard InChI is InChI=1S/C14H18O3/c1-2-3-8-14(11-6-4-5-7-11)10-12(15)9-13(16)17-14/h1,11H,3-10H2. The number of carbonyl (C=O) groups excluding carboxylic acids is 2. The Hall–Kier alpha value is -1.30. The molecule has 0 aromatic heterocycles. The predicted octanol–water partition coefficient (Wildman–Crippen LogP) is 2.23. The molecule has 1 saturated heterocycles. The number of ketones is 1. The van der Waals surface area contributed by atoms with E-state index in [-0.39, 0.29) is 18.2 Å². The number of rotatable bonds is 3. The van der Waals surface area contributed by atoms with E-state index in [0.717, 1.165) is 25.7 Å². The van der Waals surface area contributed by atoms with Crippen LogP contribution in [0.25, 0.3) is 0 Å². The highest BCUT2D eigenvalue weighted by Gasteiger charge is 2.47. The molecule has 0 amide bonds. The minimum atomic E-state index is -0.588. The van der Waals surface area contributed by atoms with Crippen LogP contribution < -0.4 is 0 Å². The van der Waals surface area contributed by atoms with Gasteiger partial charge in [0.05, 0.1) is 0 Å². The summed E-state index contributed by atoms with van der Waals surface area (Å²) in [6.45, 7) is 0. The minimum Gasteiger partial charge on any atom is -0.458 e. The van der Waals surface area contributed by atoms with Crippen LogP contribution in [0.3, 0.4) is 0 Å². The summed E-state index contributed by atoms with van der Waals surface area (Å²) in [7, 11) is 0. The number of Topliss-reactive ketones (excluding diaryl/α,β-unsaturated/α-hetero) is 1. The lowest BCUT2D eigenvalue weighted by atomic mass is 9.76. The first-order valence-corrected chi connectivity index (χ1v) is 6.33. The molecule has 1 aliphatic heterocycles. The van der Waals surface area contributed by atoms with Crippen molar-refractivity contribution >= 4 is 11.8 Å². The second-order valence-corrected chi connectivity index (χ2v) is 5.12. The molecule has 0 aromatic rings. The van der Waals surface area contributed by atoms with E-state index in [0.29, 0.717) is 25.2 Å². The third kappa shape index (κ3) is 2.52. The number of hydrogen-bond acceptors (Lipinski definition) is 3. The van der Waals surface area contributed by atoms with Crippen molar-refractivity contribution in [3.63, 3.8) is 0 Å². The van der Waals surface area contributed by atoms with Crippen LogP contribution in [0.5, 0.6) is 0 Å². The van der Waals surface area contributed by atoms with Crippen LogP contribution in [0.4, 0.5) is 0 Å². The number of esters is 1. The zero-order valence-corrected chi connectivity index (χ0v) is 10.0. The van der Waals surface area contributed by atoms with Crippen molar-refractivity contribution in [2.24, 2.45) is 5.92 Å². The van der Waals surface area contributed by atoms with Crippen molar-refractivity contribution < 1.29 is 14.3 Å². The van der Waals surface area contributed by atoms with Crippen molar-refractivity contribution in [3.05, 3.63) is 0 Å². The van der Waals surface area contributed by atoms with Gasteiger partial charge in [-0.05, 0) is 25.2 Å². The summed E-state index contributed by atoms with van der Waals surface area (Å²) < 4.78 is 5.58. The summed E-state index contributed by atoms with van der Waals surface area (Å²) in [6.07, 6.45) is 11.2. The molecule has 92 valence electrons. The molecule has 1 heterocycles. The molecular weight excluding hydrogens is 216 g/mol. The molecule has 1 saturated carbocycles. The van der Waals surface area contributed by atoms with Gasteiger partial charge in [-0.15, -0.1) is 12.3 Å². The van der Waals surface area contributed by atoms with E-state index in [1.54, 1.807) is 0 Å². The minimum absolute atomic E-state index is 0.00479. The molecule has 1 aliphatic carbocycles. The molecule has 0 N–H and O–H groups in total. The Morgan fingerprint density at radius 3 is 2.65 bits per heavy atom. The predicted molar refractivity (Wildman–Crippen MR) is 63.1 cm³/mol. The molecule has 2 fully saturated rings. The van der Waals surface area contributed by atoms with Gasteiger partial charge in [-0.3, -0.25) is 9.59 Å². The second kappa shape index (κ2) is 4.91. The first-order valence-electron chi connectivity index (χ1n) is 6.33. The average molecular weight is 234 g/mol. The molecule has 0 radical (unpaired) electrons. The highest BCUT2D eigenvalue weighted by atomic mass is 16.6. The van der Waals surface area contributed by atoms with E-state index in [4.69, 9.17) is 11.2 Å². The Balaban J connectivity index is 2.18. The molecular formula is C14H18O3. The van der Waals surface area contributed by atoms with Gasteiger partial charge in [0.2, 0.25) is 0 Å². The zero-order chi connectivity index (χ0) is 12.3. The summed E-state index contributed by atoms with van der Waals surface area (Å²) in [4.78, 5) is 23.2. The van der Waals surface area contributed by atoms with Gasteiger partial charge in [0, 0.05) is 12.8 Å². The first-order chi connectivity index (χ1) is 8.16. The Bertz CT molecular complexity index is 342. The monoisotopic (exact) mass is 234 g/mol. The molecule has 1 atom stereocenters. The molecule has 1 unspecified atom stereocenters. The van der Waals surface area contributed by atoms with E-state index < -0.39 is 5.60 Å².